The maximum Gasteiger partial charge on any atom is 0.407 e. The number of amides is 1. The number of carbonyl (C=O) groups excluding carboxylic acids is 1. The number of aryl methyl sites for hydroxylation is 1. The van der Waals surface area contributed by atoms with Gasteiger partial charge in [0.15, 0.2) is 0 Å². The Bertz CT molecular complexity index is 1100. The molecule has 3 aromatic carbocycles. The van der Waals surface area contributed by atoms with Gasteiger partial charge in [0.2, 0.25) is 0 Å². The third kappa shape index (κ3) is 5.90. The third-order valence-electron chi connectivity index (χ3n) is 6.09. The molecule has 5 nitrogen and oxygen atoms in total. The van der Waals surface area contributed by atoms with E-state index in [1.54, 1.807) is 6.07 Å². The molecule has 1 aliphatic carbocycles. The van der Waals surface area contributed by atoms with Crippen LogP contribution < -0.4 is 10.1 Å². The summed E-state index contributed by atoms with van der Waals surface area (Å²) in [4.78, 5) is 11.8. The molecule has 3 aromatic rings. The Labute approximate surface area is 201 Å². The van der Waals surface area contributed by atoms with Gasteiger partial charge >= 0.3 is 6.09 Å². The molecule has 4 rings (SSSR count). The van der Waals surface area contributed by atoms with Gasteiger partial charge in [0.05, 0.1) is 6.54 Å². The van der Waals surface area contributed by atoms with Crippen molar-refractivity contribution in [1.82, 2.24) is 5.32 Å². The average Bonchev–Trinajstić information content (AvgIpc) is 2.81. The Morgan fingerprint density at radius 1 is 1.00 bits per heavy atom. The number of phenols is 1. The van der Waals surface area contributed by atoms with Gasteiger partial charge in [-0.25, -0.2) is 4.79 Å². The fourth-order valence-electron chi connectivity index (χ4n) is 4.69. The van der Waals surface area contributed by atoms with E-state index in [1.807, 2.05) is 39.0 Å². The van der Waals surface area contributed by atoms with Gasteiger partial charge in [-0.2, -0.15) is 0 Å². The van der Waals surface area contributed by atoms with E-state index < -0.39 is 11.7 Å². The van der Waals surface area contributed by atoms with Crippen molar-refractivity contribution in [2.45, 2.75) is 51.0 Å². The number of carbonyl (C=O) groups is 1. The van der Waals surface area contributed by atoms with Gasteiger partial charge in [-0.1, -0.05) is 48.5 Å². The molecule has 0 saturated heterocycles. The van der Waals surface area contributed by atoms with Crippen molar-refractivity contribution in [3.8, 4) is 11.5 Å². The highest BCUT2D eigenvalue weighted by Gasteiger charge is 2.32. The normalized spacial score (nSPS) is 17.5. The first-order valence-corrected chi connectivity index (χ1v) is 11.9. The lowest BCUT2D eigenvalue weighted by molar-refractivity contribution is 0.0520. The molecule has 0 bridgehead atoms. The van der Waals surface area contributed by atoms with E-state index in [4.69, 9.17) is 9.47 Å². The number of ether oxygens (including phenoxy) is 2. The molecule has 0 saturated carbocycles. The monoisotopic (exact) mass is 459 g/mol. The topological polar surface area (TPSA) is 67.8 Å². The molecule has 2 N–H and O–H groups in total. The predicted molar refractivity (Wildman–Crippen MR) is 134 cm³/mol. The van der Waals surface area contributed by atoms with Crippen LogP contribution in [0.2, 0.25) is 0 Å². The Balaban J connectivity index is 1.47. The highest BCUT2D eigenvalue weighted by Crippen LogP contribution is 2.47. The van der Waals surface area contributed by atoms with Crippen LogP contribution in [0.15, 0.2) is 72.8 Å². The standard InChI is InChI=1S/C29H33NO4/c1-29(2,3)34-28(32)30-17-18-33-24-13-9-21(10-14-24)27-25(20-7-5-4-6-8-20)15-11-22-19-23(31)12-16-26(22)27/h4-10,12-14,16,19,25,27,31H,11,15,17-18H2,1-3H3,(H,30,32)/t25-,27+/m1/s1. The Morgan fingerprint density at radius 2 is 1.74 bits per heavy atom. The maximum atomic E-state index is 11.8. The van der Waals surface area contributed by atoms with Crippen LogP contribution in [0.4, 0.5) is 4.79 Å². The summed E-state index contributed by atoms with van der Waals surface area (Å²) in [6.07, 6.45) is 1.53. The Morgan fingerprint density at radius 3 is 2.44 bits per heavy atom. The van der Waals surface area contributed by atoms with E-state index in [0.717, 1.165) is 18.6 Å². The van der Waals surface area contributed by atoms with E-state index in [-0.39, 0.29) is 5.92 Å². The molecule has 0 radical (unpaired) electrons. The zero-order chi connectivity index (χ0) is 24.1. The summed E-state index contributed by atoms with van der Waals surface area (Å²) in [5.41, 5.74) is 4.52. The molecule has 0 unspecified atom stereocenters. The first-order valence-electron chi connectivity index (χ1n) is 11.9. The summed E-state index contributed by atoms with van der Waals surface area (Å²) >= 11 is 0. The summed E-state index contributed by atoms with van der Waals surface area (Å²) in [6, 6.07) is 24.6. The maximum absolute atomic E-state index is 11.8. The van der Waals surface area contributed by atoms with E-state index in [9.17, 15) is 9.90 Å². The molecule has 0 spiro atoms. The number of fused-ring (bicyclic) bond motifs is 1. The molecule has 0 aromatic heterocycles. The molecule has 34 heavy (non-hydrogen) atoms. The molecule has 0 fully saturated rings. The van der Waals surface area contributed by atoms with Crippen molar-refractivity contribution >= 4 is 6.09 Å². The molecular weight excluding hydrogens is 426 g/mol. The summed E-state index contributed by atoms with van der Waals surface area (Å²) < 4.78 is 11.1. The molecule has 1 amide bonds. The molecule has 5 heteroatoms. The molecule has 0 aliphatic heterocycles. The molecule has 1 aliphatic rings. The van der Waals surface area contributed by atoms with Crippen molar-refractivity contribution in [3.63, 3.8) is 0 Å². The van der Waals surface area contributed by atoms with Crippen molar-refractivity contribution in [2.24, 2.45) is 0 Å². The first-order chi connectivity index (χ1) is 16.3. The second-order valence-electron chi connectivity index (χ2n) is 9.76. The van der Waals surface area contributed by atoms with Crippen LogP contribution in [-0.4, -0.2) is 30.0 Å². The minimum absolute atomic E-state index is 0.203. The van der Waals surface area contributed by atoms with Crippen LogP contribution in [0.5, 0.6) is 11.5 Å². The lowest BCUT2D eigenvalue weighted by Gasteiger charge is -2.34. The number of nitrogens with one attached hydrogen (secondary N) is 1. The summed E-state index contributed by atoms with van der Waals surface area (Å²) in [6.45, 7) is 6.23. The van der Waals surface area contributed by atoms with Crippen LogP contribution in [0.3, 0.4) is 0 Å². The molecule has 2 atom stereocenters. The van der Waals surface area contributed by atoms with Crippen LogP contribution >= 0.6 is 0 Å². The average molecular weight is 460 g/mol. The predicted octanol–water partition coefficient (Wildman–Crippen LogP) is 6.16. The first kappa shape index (κ1) is 23.7. The number of phenolic OH excluding ortho intramolecular Hbond substituents is 1. The lowest BCUT2D eigenvalue weighted by atomic mass is 9.69. The van der Waals surface area contributed by atoms with Gasteiger partial charge in [-0.15, -0.1) is 0 Å². The second-order valence-corrected chi connectivity index (χ2v) is 9.76. The SMILES string of the molecule is CC(C)(C)OC(=O)NCCOc1ccc([C@@H]2c3ccc(O)cc3CC[C@@H]2c2ccccc2)cc1. The Hall–Kier alpha value is -3.47. The van der Waals surface area contributed by atoms with Crippen molar-refractivity contribution in [2.75, 3.05) is 13.2 Å². The van der Waals surface area contributed by atoms with Crippen molar-refractivity contribution < 1.29 is 19.4 Å². The highest BCUT2D eigenvalue weighted by atomic mass is 16.6. The Kier molecular flexibility index (Phi) is 7.11. The van der Waals surface area contributed by atoms with Crippen LogP contribution in [0.25, 0.3) is 0 Å². The smallest absolute Gasteiger partial charge is 0.407 e. The molecule has 178 valence electrons. The van der Waals surface area contributed by atoms with E-state index in [2.05, 4.69) is 53.8 Å². The minimum Gasteiger partial charge on any atom is -0.508 e. The summed E-state index contributed by atoms with van der Waals surface area (Å²) in [5.74, 6) is 1.64. The molecule has 0 heterocycles. The lowest BCUT2D eigenvalue weighted by Crippen LogP contribution is -2.34. The fourth-order valence-corrected chi connectivity index (χ4v) is 4.69. The van der Waals surface area contributed by atoms with Gasteiger partial charge < -0.3 is 19.9 Å². The van der Waals surface area contributed by atoms with Crippen LogP contribution in [0.1, 0.15) is 61.3 Å². The van der Waals surface area contributed by atoms with Gasteiger partial charge in [-0.3, -0.25) is 0 Å². The number of hydrogen-bond donors (Lipinski definition) is 2. The fraction of sp³-hybridized carbons (Fsp3) is 0.345. The quantitative estimate of drug-likeness (QED) is 0.433. The van der Waals surface area contributed by atoms with E-state index in [1.165, 1.54) is 22.3 Å². The number of aromatic hydroxyl groups is 1. The number of rotatable bonds is 6. The van der Waals surface area contributed by atoms with E-state index >= 15 is 0 Å². The minimum atomic E-state index is -0.519. The van der Waals surface area contributed by atoms with Gasteiger partial charge in [0.1, 0.15) is 23.7 Å². The third-order valence-corrected chi connectivity index (χ3v) is 6.09. The van der Waals surface area contributed by atoms with Crippen LogP contribution in [0, 0.1) is 0 Å². The van der Waals surface area contributed by atoms with Gasteiger partial charge in [0.25, 0.3) is 0 Å². The zero-order valence-corrected chi connectivity index (χ0v) is 20.1. The van der Waals surface area contributed by atoms with Crippen molar-refractivity contribution in [1.29, 1.82) is 0 Å². The highest BCUT2D eigenvalue weighted by molar-refractivity contribution is 5.67. The van der Waals surface area contributed by atoms with Crippen molar-refractivity contribution in [3.05, 3.63) is 95.1 Å². The van der Waals surface area contributed by atoms with Gasteiger partial charge in [-0.05, 0) is 86.1 Å². The number of benzene rings is 3. The zero-order valence-electron chi connectivity index (χ0n) is 20.1. The summed E-state index contributed by atoms with van der Waals surface area (Å²) in [5, 5.41) is 12.7. The van der Waals surface area contributed by atoms with Gasteiger partial charge in [0, 0.05) is 5.92 Å². The van der Waals surface area contributed by atoms with Crippen LogP contribution in [-0.2, 0) is 11.2 Å². The van der Waals surface area contributed by atoms with E-state index in [0.29, 0.717) is 24.8 Å². The number of alkyl carbamates (subject to hydrolysis) is 1. The largest absolute Gasteiger partial charge is 0.508 e. The second kappa shape index (κ2) is 10.2. The molecular formula is C29H33NO4. The number of hydrogen-bond acceptors (Lipinski definition) is 4. The summed E-state index contributed by atoms with van der Waals surface area (Å²) in [7, 11) is 0.